The number of pyridine rings is 1. The van der Waals surface area contributed by atoms with E-state index in [9.17, 15) is 0 Å². The Bertz CT molecular complexity index is 477. The van der Waals surface area contributed by atoms with Crippen LogP contribution in [0.2, 0.25) is 0 Å². The molecule has 0 bridgehead atoms. The molecular formula is C9H7N5. The standard InChI is InChI=1S/C9H7N5/c1-7-2-3-9(11-5-7)14-6-8(4-10)12-13-14/h2-3,5-6H,1H3. The van der Waals surface area contributed by atoms with Crippen molar-refractivity contribution in [3.63, 3.8) is 0 Å². The first-order chi connectivity index (χ1) is 6.79. The van der Waals surface area contributed by atoms with E-state index in [0.29, 0.717) is 5.82 Å². The third kappa shape index (κ3) is 1.45. The van der Waals surface area contributed by atoms with Crippen molar-refractivity contribution < 1.29 is 0 Å². The van der Waals surface area contributed by atoms with Gasteiger partial charge in [-0.25, -0.2) is 9.67 Å². The Morgan fingerprint density at radius 2 is 2.29 bits per heavy atom. The molecule has 5 heteroatoms. The van der Waals surface area contributed by atoms with E-state index in [-0.39, 0.29) is 5.69 Å². The molecule has 2 aromatic rings. The lowest BCUT2D eigenvalue weighted by molar-refractivity contribution is 0.780. The molecule has 0 aromatic carbocycles. The molecule has 0 saturated heterocycles. The van der Waals surface area contributed by atoms with Gasteiger partial charge in [0.1, 0.15) is 6.07 Å². The molecule has 0 amide bonds. The molecule has 0 saturated carbocycles. The highest BCUT2D eigenvalue weighted by atomic mass is 15.4. The number of nitriles is 1. The van der Waals surface area contributed by atoms with Crippen molar-refractivity contribution >= 4 is 0 Å². The van der Waals surface area contributed by atoms with Gasteiger partial charge in [-0.2, -0.15) is 5.26 Å². The van der Waals surface area contributed by atoms with Gasteiger partial charge in [0.05, 0.1) is 6.20 Å². The summed E-state index contributed by atoms with van der Waals surface area (Å²) in [5, 5.41) is 16.0. The minimum Gasteiger partial charge on any atom is -0.237 e. The smallest absolute Gasteiger partial charge is 0.183 e. The van der Waals surface area contributed by atoms with Gasteiger partial charge in [0, 0.05) is 6.20 Å². The van der Waals surface area contributed by atoms with Crippen molar-refractivity contribution in [2.24, 2.45) is 0 Å². The second kappa shape index (κ2) is 3.26. The van der Waals surface area contributed by atoms with Crippen molar-refractivity contribution in [2.75, 3.05) is 0 Å². The molecule has 0 N–H and O–H groups in total. The van der Waals surface area contributed by atoms with Crippen LogP contribution in [-0.2, 0) is 0 Å². The highest BCUT2D eigenvalue weighted by Gasteiger charge is 2.01. The van der Waals surface area contributed by atoms with Gasteiger partial charge in [0.2, 0.25) is 0 Å². The average molecular weight is 185 g/mol. The zero-order valence-electron chi connectivity index (χ0n) is 7.55. The van der Waals surface area contributed by atoms with Gasteiger partial charge in [-0.1, -0.05) is 11.3 Å². The Hall–Kier alpha value is -2.22. The van der Waals surface area contributed by atoms with Crippen LogP contribution in [0.25, 0.3) is 5.82 Å². The van der Waals surface area contributed by atoms with Crippen molar-refractivity contribution in [1.82, 2.24) is 20.0 Å². The summed E-state index contributed by atoms with van der Waals surface area (Å²) in [5.74, 6) is 0.657. The fourth-order valence-electron chi connectivity index (χ4n) is 1.02. The van der Waals surface area contributed by atoms with Gasteiger partial charge < -0.3 is 0 Å². The molecule has 2 rings (SSSR count). The second-order valence-corrected chi connectivity index (χ2v) is 2.85. The molecule has 0 aliphatic rings. The minimum atomic E-state index is 0.285. The maximum atomic E-state index is 8.56. The third-order valence-electron chi connectivity index (χ3n) is 1.74. The molecule has 0 atom stereocenters. The van der Waals surface area contributed by atoms with E-state index in [4.69, 9.17) is 5.26 Å². The molecule has 0 aliphatic carbocycles. The number of hydrogen-bond acceptors (Lipinski definition) is 4. The SMILES string of the molecule is Cc1ccc(-n2cc(C#N)nn2)nc1. The van der Waals surface area contributed by atoms with Crippen molar-refractivity contribution in [2.45, 2.75) is 6.92 Å². The van der Waals surface area contributed by atoms with E-state index >= 15 is 0 Å². The zero-order chi connectivity index (χ0) is 9.97. The molecule has 68 valence electrons. The average Bonchev–Trinajstić information content (AvgIpc) is 2.67. The van der Waals surface area contributed by atoms with E-state index < -0.39 is 0 Å². The summed E-state index contributed by atoms with van der Waals surface area (Å²) in [7, 11) is 0. The highest BCUT2D eigenvalue weighted by Crippen LogP contribution is 2.03. The maximum Gasteiger partial charge on any atom is 0.183 e. The number of nitrogens with zero attached hydrogens (tertiary/aromatic N) is 5. The largest absolute Gasteiger partial charge is 0.237 e. The van der Waals surface area contributed by atoms with E-state index in [2.05, 4.69) is 15.3 Å². The maximum absolute atomic E-state index is 8.56. The van der Waals surface area contributed by atoms with Crippen LogP contribution in [0.4, 0.5) is 0 Å². The first-order valence-corrected chi connectivity index (χ1v) is 4.05. The zero-order valence-corrected chi connectivity index (χ0v) is 7.55. The first kappa shape index (κ1) is 8.38. The van der Waals surface area contributed by atoms with E-state index in [1.807, 2.05) is 25.1 Å². The van der Waals surface area contributed by atoms with Crippen LogP contribution in [0.15, 0.2) is 24.5 Å². The third-order valence-corrected chi connectivity index (χ3v) is 1.74. The van der Waals surface area contributed by atoms with Gasteiger partial charge in [-0.3, -0.25) is 0 Å². The predicted molar refractivity (Wildman–Crippen MR) is 48.6 cm³/mol. The van der Waals surface area contributed by atoms with Crippen LogP contribution in [0.3, 0.4) is 0 Å². The summed E-state index contributed by atoms with van der Waals surface area (Å²) >= 11 is 0. The summed E-state index contributed by atoms with van der Waals surface area (Å²) in [4.78, 5) is 4.15. The quantitative estimate of drug-likeness (QED) is 0.660. The van der Waals surface area contributed by atoms with Gasteiger partial charge in [-0.15, -0.1) is 5.10 Å². The number of hydrogen-bond donors (Lipinski definition) is 0. The summed E-state index contributed by atoms with van der Waals surface area (Å²) in [6, 6.07) is 5.66. The molecule has 14 heavy (non-hydrogen) atoms. The van der Waals surface area contributed by atoms with E-state index in [1.165, 1.54) is 10.9 Å². The van der Waals surface area contributed by atoms with Crippen LogP contribution < -0.4 is 0 Å². The van der Waals surface area contributed by atoms with Gasteiger partial charge in [0.15, 0.2) is 11.5 Å². The lowest BCUT2D eigenvalue weighted by Gasteiger charge is -1.97. The Morgan fingerprint density at radius 1 is 1.43 bits per heavy atom. The van der Waals surface area contributed by atoms with Crippen molar-refractivity contribution in [1.29, 1.82) is 5.26 Å². The number of rotatable bonds is 1. The van der Waals surface area contributed by atoms with Crippen molar-refractivity contribution in [3.8, 4) is 11.9 Å². The summed E-state index contributed by atoms with van der Waals surface area (Å²) in [5.41, 5.74) is 1.36. The van der Waals surface area contributed by atoms with Crippen LogP contribution in [-0.4, -0.2) is 20.0 Å². The number of aryl methyl sites for hydroxylation is 1. The first-order valence-electron chi connectivity index (χ1n) is 4.05. The fourth-order valence-corrected chi connectivity index (χ4v) is 1.02. The van der Waals surface area contributed by atoms with Crippen LogP contribution in [0.1, 0.15) is 11.3 Å². The molecule has 0 unspecified atom stereocenters. The summed E-state index contributed by atoms with van der Waals surface area (Å²) in [6.45, 7) is 1.96. The van der Waals surface area contributed by atoms with Gasteiger partial charge in [-0.05, 0) is 18.6 Å². The monoisotopic (exact) mass is 185 g/mol. The molecule has 0 fully saturated rings. The normalized spacial score (nSPS) is 9.71. The Balaban J connectivity index is 2.40. The molecule has 5 nitrogen and oxygen atoms in total. The summed E-state index contributed by atoms with van der Waals surface area (Å²) < 4.78 is 1.47. The lowest BCUT2D eigenvalue weighted by atomic mass is 10.3. The van der Waals surface area contributed by atoms with Crippen LogP contribution in [0, 0.1) is 18.3 Å². The Morgan fingerprint density at radius 3 is 2.86 bits per heavy atom. The minimum absolute atomic E-state index is 0.285. The van der Waals surface area contributed by atoms with Crippen LogP contribution >= 0.6 is 0 Å². The predicted octanol–water partition coefficient (Wildman–Crippen LogP) is 0.842. The molecule has 0 aliphatic heterocycles. The Labute approximate surface area is 80.6 Å². The molecule has 2 aromatic heterocycles. The van der Waals surface area contributed by atoms with E-state index in [0.717, 1.165) is 5.56 Å². The lowest BCUT2D eigenvalue weighted by Crippen LogP contribution is -1.97. The molecular weight excluding hydrogens is 178 g/mol. The molecule has 0 radical (unpaired) electrons. The van der Waals surface area contributed by atoms with Crippen molar-refractivity contribution in [3.05, 3.63) is 35.8 Å². The van der Waals surface area contributed by atoms with E-state index in [1.54, 1.807) is 6.20 Å². The summed E-state index contributed by atoms with van der Waals surface area (Å²) in [6.07, 6.45) is 3.28. The Kier molecular flexibility index (Phi) is 1.95. The molecule has 0 spiro atoms. The topological polar surface area (TPSA) is 67.4 Å². The van der Waals surface area contributed by atoms with Gasteiger partial charge in [0.25, 0.3) is 0 Å². The number of aromatic nitrogens is 4. The molecule has 2 heterocycles. The second-order valence-electron chi connectivity index (χ2n) is 2.85. The van der Waals surface area contributed by atoms with Crippen LogP contribution in [0.5, 0.6) is 0 Å². The fraction of sp³-hybridized carbons (Fsp3) is 0.111. The van der Waals surface area contributed by atoms with Gasteiger partial charge >= 0.3 is 0 Å². The highest BCUT2D eigenvalue weighted by molar-refractivity contribution is 5.25.